The molecule has 3 aromatic rings. The predicted molar refractivity (Wildman–Crippen MR) is 65.9 cm³/mol. The summed E-state index contributed by atoms with van der Waals surface area (Å²) in [4.78, 5) is 12.1. The van der Waals surface area contributed by atoms with Crippen molar-refractivity contribution in [2.24, 2.45) is 0 Å². The van der Waals surface area contributed by atoms with Gasteiger partial charge in [0.15, 0.2) is 0 Å². The Labute approximate surface area is 97.5 Å². The number of nitrogens with one attached hydrogen (secondary N) is 1. The van der Waals surface area contributed by atoms with Gasteiger partial charge in [0.1, 0.15) is 5.82 Å². The Morgan fingerprint density at radius 3 is 2.81 bits per heavy atom. The van der Waals surface area contributed by atoms with E-state index in [-0.39, 0.29) is 0 Å². The van der Waals surface area contributed by atoms with Crippen LogP contribution in [0.25, 0.3) is 21.9 Å². The molecule has 0 spiro atoms. The zero-order valence-corrected chi connectivity index (χ0v) is 9.76. The van der Waals surface area contributed by atoms with E-state index < -0.39 is 0 Å². The molecule has 0 fully saturated rings. The van der Waals surface area contributed by atoms with Gasteiger partial charge in [-0.3, -0.25) is 4.98 Å². The van der Waals surface area contributed by atoms with E-state index in [1.165, 1.54) is 0 Å². The molecule has 0 atom stereocenters. The third kappa shape index (κ3) is 1.28. The predicted octanol–water partition coefficient (Wildman–Crippen LogP) is 3.38. The highest BCUT2D eigenvalue weighted by atomic mass is 35.5. The van der Waals surface area contributed by atoms with E-state index in [1.54, 1.807) is 0 Å². The topological polar surface area (TPSA) is 41.6 Å². The van der Waals surface area contributed by atoms with Crippen molar-refractivity contribution in [3.8, 4) is 0 Å². The number of nitrogens with zero attached hydrogens (tertiary/aromatic N) is 2. The lowest BCUT2D eigenvalue weighted by Crippen LogP contribution is -1.85. The third-order valence-corrected chi connectivity index (χ3v) is 2.92. The molecule has 0 saturated carbocycles. The molecule has 0 aliphatic carbocycles. The summed E-state index contributed by atoms with van der Waals surface area (Å²) in [6.45, 7) is 3.87. The first-order valence-electron chi connectivity index (χ1n) is 5.07. The van der Waals surface area contributed by atoms with Crippen molar-refractivity contribution in [2.75, 3.05) is 0 Å². The van der Waals surface area contributed by atoms with Crippen molar-refractivity contribution < 1.29 is 0 Å². The van der Waals surface area contributed by atoms with Gasteiger partial charge >= 0.3 is 0 Å². The average Bonchev–Trinajstić information content (AvgIpc) is 2.56. The lowest BCUT2D eigenvalue weighted by atomic mass is 10.1. The summed E-state index contributed by atoms with van der Waals surface area (Å²) in [6.07, 6.45) is 0. The van der Waals surface area contributed by atoms with Crippen LogP contribution >= 0.6 is 11.6 Å². The van der Waals surface area contributed by atoms with E-state index >= 15 is 0 Å². The second-order valence-corrected chi connectivity index (χ2v) is 4.33. The van der Waals surface area contributed by atoms with E-state index in [0.717, 1.165) is 33.5 Å². The summed E-state index contributed by atoms with van der Waals surface area (Å²) in [5.41, 5.74) is 3.71. The molecular formula is C12H10ClN3. The number of aromatic amines is 1. The number of hydrogen-bond acceptors (Lipinski definition) is 2. The number of pyridine rings is 1. The fourth-order valence-corrected chi connectivity index (χ4v) is 2.34. The largest absolute Gasteiger partial charge is 0.342 e. The average molecular weight is 232 g/mol. The molecule has 0 aliphatic rings. The summed E-state index contributed by atoms with van der Waals surface area (Å²) in [5.74, 6) is 0.888. The molecule has 3 rings (SSSR count). The molecule has 3 nitrogen and oxygen atoms in total. The maximum absolute atomic E-state index is 6.26. The van der Waals surface area contributed by atoms with Gasteiger partial charge in [-0.2, -0.15) is 0 Å². The highest BCUT2D eigenvalue weighted by Gasteiger charge is 2.09. The van der Waals surface area contributed by atoms with Crippen LogP contribution in [0.1, 0.15) is 11.5 Å². The Hall–Kier alpha value is -1.61. The number of imidazole rings is 1. The molecule has 0 aliphatic heterocycles. The van der Waals surface area contributed by atoms with E-state index in [0.29, 0.717) is 5.02 Å². The minimum Gasteiger partial charge on any atom is -0.342 e. The number of rotatable bonds is 0. The SMILES string of the molecule is Cc1cc(Cl)c2c(ccc3[nH]c(C)nc32)n1. The normalized spacial score (nSPS) is 11.4. The summed E-state index contributed by atoms with van der Waals surface area (Å²) >= 11 is 6.26. The van der Waals surface area contributed by atoms with Crippen molar-refractivity contribution in [3.63, 3.8) is 0 Å². The minimum absolute atomic E-state index is 0.708. The molecule has 2 aromatic heterocycles. The van der Waals surface area contributed by atoms with Crippen LogP contribution in [0.5, 0.6) is 0 Å². The summed E-state index contributed by atoms with van der Waals surface area (Å²) in [7, 11) is 0. The molecular weight excluding hydrogens is 222 g/mol. The van der Waals surface area contributed by atoms with Crippen molar-refractivity contribution in [1.82, 2.24) is 15.0 Å². The first-order chi connectivity index (χ1) is 7.65. The van der Waals surface area contributed by atoms with Gasteiger partial charge in [0, 0.05) is 11.1 Å². The van der Waals surface area contributed by atoms with Gasteiger partial charge in [0.2, 0.25) is 0 Å². The molecule has 0 bridgehead atoms. The summed E-state index contributed by atoms with van der Waals surface area (Å²) in [5, 5.41) is 1.63. The van der Waals surface area contributed by atoms with E-state index in [2.05, 4.69) is 15.0 Å². The van der Waals surface area contributed by atoms with Crippen LogP contribution in [0.3, 0.4) is 0 Å². The Morgan fingerprint density at radius 2 is 2.00 bits per heavy atom. The van der Waals surface area contributed by atoms with Gasteiger partial charge < -0.3 is 4.98 Å². The standard InChI is InChI=1S/C12H10ClN3/c1-6-5-8(13)11-9(14-6)3-4-10-12(11)16-7(2)15-10/h3-5H,1-2H3,(H,15,16). The number of fused-ring (bicyclic) bond motifs is 3. The highest BCUT2D eigenvalue weighted by Crippen LogP contribution is 2.29. The molecule has 80 valence electrons. The number of halogens is 1. The van der Waals surface area contributed by atoms with Gasteiger partial charge in [-0.1, -0.05) is 11.6 Å². The number of benzene rings is 1. The fourth-order valence-electron chi connectivity index (χ4n) is 1.99. The molecule has 2 heterocycles. The Kier molecular flexibility index (Phi) is 1.91. The van der Waals surface area contributed by atoms with Gasteiger partial charge in [0.05, 0.1) is 21.6 Å². The van der Waals surface area contributed by atoms with Crippen molar-refractivity contribution in [2.45, 2.75) is 13.8 Å². The van der Waals surface area contributed by atoms with Gasteiger partial charge in [-0.25, -0.2) is 4.98 Å². The van der Waals surface area contributed by atoms with E-state index in [4.69, 9.17) is 11.6 Å². The first-order valence-corrected chi connectivity index (χ1v) is 5.45. The van der Waals surface area contributed by atoms with Crippen LogP contribution in [0.2, 0.25) is 5.02 Å². The van der Waals surface area contributed by atoms with E-state index in [9.17, 15) is 0 Å². The van der Waals surface area contributed by atoms with Crippen LogP contribution in [-0.2, 0) is 0 Å². The zero-order valence-electron chi connectivity index (χ0n) is 9.00. The smallest absolute Gasteiger partial charge is 0.104 e. The van der Waals surface area contributed by atoms with Crippen LogP contribution in [0.4, 0.5) is 0 Å². The molecule has 1 N–H and O–H groups in total. The quantitative estimate of drug-likeness (QED) is 0.645. The van der Waals surface area contributed by atoms with Gasteiger partial charge in [-0.05, 0) is 32.0 Å². The van der Waals surface area contributed by atoms with Gasteiger partial charge in [0.25, 0.3) is 0 Å². The summed E-state index contributed by atoms with van der Waals surface area (Å²) in [6, 6.07) is 5.82. The monoisotopic (exact) mass is 231 g/mol. The maximum atomic E-state index is 6.26. The van der Waals surface area contributed by atoms with Crippen LogP contribution in [0, 0.1) is 13.8 Å². The molecule has 16 heavy (non-hydrogen) atoms. The van der Waals surface area contributed by atoms with Crippen molar-refractivity contribution >= 4 is 33.5 Å². The zero-order chi connectivity index (χ0) is 11.3. The second kappa shape index (κ2) is 3.19. The van der Waals surface area contributed by atoms with Crippen LogP contribution in [0.15, 0.2) is 18.2 Å². The van der Waals surface area contributed by atoms with Gasteiger partial charge in [-0.15, -0.1) is 0 Å². The molecule has 0 amide bonds. The molecule has 0 unspecified atom stereocenters. The van der Waals surface area contributed by atoms with Crippen molar-refractivity contribution in [1.29, 1.82) is 0 Å². The second-order valence-electron chi connectivity index (χ2n) is 3.92. The molecule has 0 saturated heterocycles. The number of H-pyrrole nitrogens is 1. The summed E-state index contributed by atoms with van der Waals surface area (Å²) < 4.78 is 0. The van der Waals surface area contributed by atoms with Crippen molar-refractivity contribution in [3.05, 3.63) is 34.7 Å². The first kappa shape index (κ1) is 9.60. The Balaban J connectivity index is 2.59. The molecule has 4 heteroatoms. The van der Waals surface area contributed by atoms with Crippen LogP contribution < -0.4 is 0 Å². The lowest BCUT2D eigenvalue weighted by Gasteiger charge is -2.02. The number of aryl methyl sites for hydroxylation is 2. The Morgan fingerprint density at radius 1 is 1.19 bits per heavy atom. The minimum atomic E-state index is 0.708. The highest BCUT2D eigenvalue weighted by molar-refractivity contribution is 6.37. The van der Waals surface area contributed by atoms with Crippen LogP contribution in [-0.4, -0.2) is 15.0 Å². The molecule has 1 aromatic carbocycles. The molecule has 0 radical (unpaired) electrons. The fraction of sp³-hybridized carbons (Fsp3) is 0.167. The number of hydrogen-bond donors (Lipinski definition) is 1. The Bertz CT molecular complexity index is 700. The number of aromatic nitrogens is 3. The van der Waals surface area contributed by atoms with E-state index in [1.807, 2.05) is 32.0 Å². The lowest BCUT2D eigenvalue weighted by molar-refractivity contribution is 1.17. The maximum Gasteiger partial charge on any atom is 0.104 e. The third-order valence-electron chi connectivity index (χ3n) is 2.62.